The molecule has 4 rings (SSSR count). The van der Waals surface area contributed by atoms with Crippen molar-refractivity contribution in [1.29, 1.82) is 0 Å². The van der Waals surface area contributed by atoms with Crippen molar-refractivity contribution in [1.82, 2.24) is 9.21 Å². The van der Waals surface area contributed by atoms with Gasteiger partial charge in [0.2, 0.25) is 10.0 Å². The molecule has 0 spiro atoms. The number of hydrogen-bond acceptors (Lipinski definition) is 3. The van der Waals surface area contributed by atoms with Gasteiger partial charge >= 0.3 is 6.18 Å². The zero-order valence-corrected chi connectivity index (χ0v) is 17.7. The van der Waals surface area contributed by atoms with Crippen molar-refractivity contribution >= 4 is 15.9 Å². The average molecular weight is 452 g/mol. The van der Waals surface area contributed by atoms with Gasteiger partial charge in [0.25, 0.3) is 5.91 Å². The summed E-state index contributed by atoms with van der Waals surface area (Å²) in [7, 11) is -4.08. The predicted octanol–water partition coefficient (Wildman–Crippen LogP) is 3.73. The zero-order valence-electron chi connectivity index (χ0n) is 16.9. The topological polar surface area (TPSA) is 57.7 Å². The maximum atomic E-state index is 13.0. The van der Waals surface area contributed by atoms with Crippen LogP contribution < -0.4 is 0 Å². The lowest BCUT2D eigenvalue weighted by Crippen LogP contribution is -2.50. The Balaban J connectivity index is 1.45. The molecule has 0 radical (unpaired) electrons. The minimum atomic E-state index is -4.62. The minimum Gasteiger partial charge on any atom is -0.336 e. The molecule has 5 nitrogen and oxygen atoms in total. The number of halogens is 3. The molecular weight excluding hydrogens is 429 g/mol. The van der Waals surface area contributed by atoms with Crippen LogP contribution in [-0.2, 0) is 29.0 Å². The predicted molar refractivity (Wildman–Crippen MR) is 109 cm³/mol. The van der Waals surface area contributed by atoms with Crippen molar-refractivity contribution in [3.05, 3.63) is 64.7 Å². The van der Waals surface area contributed by atoms with E-state index in [1.165, 1.54) is 11.1 Å². The van der Waals surface area contributed by atoms with Crippen LogP contribution in [0.4, 0.5) is 13.2 Å². The van der Waals surface area contributed by atoms with Gasteiger partial charge < -0.3 is 4.90 Å². The van der Waals surface area contributed by atoms with E-state index in [2.05, 4.69) is 0 Å². The summed E-state index contributed by atoms with van der Waals surface area (Å²) >= 11 is 0. The van der Waals surface area contributed by atoms with E-state index in [0.717, 1.165) is 48.2 Å². The van der Waals surface area contributed by atoms with Gasteiger partial charge in [0.15, 0.2) is 0 Å². The number of aryl methyl sites for hydroxylation is 2. The van der Waals surface area contributed by atoms with Crippen molar-refractivity contribution < 1.29 is 26.4 Å². The second kappa shape index (κ2) is 8.27. The Morgan fingerprint density at radius 2 is 1.55 bits per heavy atom. The van der Waals surface area contributed by atoms with Crippen molar-refractivity contribution in [2.24, 2.45) is 0 Å². The average Bonchev–Trinajstić information content (AvgIpc) is 2.78. The molecular formula is C22H23F3N2O3S. The number of alkyl halides is 3. The van der Waals surface area contributed by atoms with E-state index >= 15 is 0 Å². The van der Waals surface area contributed by atoms with E-state index in [4.69, 9.17) is 0 Å². The third kappa shape index (κ3) is 4.48. The number of hydrogen-bond donors (Lipinski definition) is 0. The van der Waals surface area contributed by atoms with E-state index in [1.807, 2.05) is 18.2 Å². The number of carbonyl (C=O) groups is 1. The maximum absolute atomic E-state index is 13.0. The number of benzene rings is 2. The van der Waals surface area contributed by atoms with Gasteiger partial charge in [-0.3, -0.25) is 4.79 Å². The molecule has 2 aromatic carbocycles. The molecule has 166 valence electrons. The van der Waals surface area contributed by atoms with Gasteiger partial charge in [0.05, 0.1) is 10.5 Å². The third-order valence-corrected chi connectivity index (χ3v) is 7.82. The Bertz CT molecular complexity index is 1090. The largest absolute Gasteiger partial charge is 0.416 e. The Morgan fingerprint density at radius 3 is 2.23 bits per heavy atom. The van der Waals surface area contributed by atoms with E-state index in [0.29, 0.717) is 11.6 Å². The van der Waals surface area contributed by atoms with Crippen molar-refractivity contribution in [3.8, 4) is 0 Å². The number of carbonyl (C=O) groups excluding carboxylic acids is 1. The summed E-state index contributed by atoms with van der Waals surface area (Å²) in [5.41, 5.74) is 2.06. The number of nitrogens with zero attached hydrogens (tertiary/aromatic N) is 2. The maximum Gasteiger partial charge on any atom is 0.416 e. The second-order valence-electron chi connectivity index (χ2n) is 7.91. The minimum absolute atomic E-state index is 0.0370. The summed E-state index contributed by atoms with van der Waals surface area (Å²) in [4.78, 5) is 14.1. The summed E-state index contributed by atoms with van der Waals surface area (Å²) in [5, 5.41) is 0. The van der Waals surface area contributed by atoms with Gasteiger partial charge in [-0.15, -0.1) is 0 Å². The Kier molecular flexibility index (Phi) is 5.83. The molecule has 1 heterocycles. The van der Waals surface area contributed by atoms with Crippen LogP contribution in [0.3, 0.4) is 0 Å². The summed E-state index contributed by atoms with van der Waals surface area (Å²) < 4.78 is 65.7. The lowest BCUT2D eigenvalue weighted by atomic mass is 9.90. The van der Waals surface area contributed by atoms with Crippen LogP contribution in [0.2, 0.25) is 0 Å². The summed E-state index contributed by atoms with van der Waals surface area (Å²) in [6, 6.07) is 9.49. The first-order valence-electron chi connectivity index (χ1n) is 10.2. The van der Waals surface area contributed by atoms with E-state index in [9.17, 15) is 26.4 Å². The van der Waals surface area contributed by atoms with Gasteiger partial charge in [-0.25, -0.2) is 8.42 Å². The third-order valence-electron chi connectivity index (χ3n) is 5.92. The number of amides is 1. The van der Waals surface area contributed by atoms with Gasteiger partial charge in [0.1, 0.15) is 0 Å². The highest BCUT2D eigenvalue weighted by Crippen LogP contribution is 2.31. The molecule has 0 atom stereocenters. The molecule has 2 aliphatic rings. The fourth-order valence-electron chi connectivity index (χ4n) is 4.16. The normalized spacial score (nSPS) is 18.0. The van der Waals surface area contributed by atoms with Crippen LogP contribution in [0.1, 0.15) is 39.9 Å². The quantitative estimate of drug-likeness (QED) is 0.713. The molecule has 0 bridgehead atoms. The number of rotatable bonds is 3. The van der Waals surface area contributed by atoms with Crippen molar-refractivity contribution in [2.75, 3.05) is 26.2 Å². The second-order valence-corrected chi connectivity index (χ2v) is 9.85. The monoisotopic (exact) mass is 452 g/mol. The van der Waals surface area contributed by atoms with E-state index in [-0.39, 0.29) is 32.1 Å². The molecule has 1 aliphatic carbocycles. The molecule has 2 aromatic rings. The Labute approximate surface area is 179 Å². The van der Waals surface area contributed by atoms with Crippen molar-refractivity contribution in [3.63, 3.8) is 0 Å². The van der Waals surface area contributed by atoms with Gasteiger partial charge in [0, 0.05) is 31.7 Å². The summed E-state index contributed by atoms with van der Waals surface area (Å²) in [6.07, 6.45) is -0.375. The first-order valence-corrected chi connectivity index (χ1v) is 11.7. The van der Waals surface area contributed by atoms with E-state index in [1.54, 1.807) is 4.90 Å². The van der Waals surface area contributed by atoms with Gasteiger partial charge in [-0.1, -0.05) is 12.1 Å². The molecule has 0 unspecified atom stereocenters. The standard InChI is InChI=1S/C22H23F3N2O3S/c23-22(24,25)19-6-3-7-20(15-19)31(29,30)27-12-10-26(11-13-27)21(28)18-9-8-16-4-1-2-5-17(16)14-18/h3,6-9,14-15H,1-2,4-5,10-13H2. The number of piperazine rings is 1. The molecule has 0 aromatic heterocycles. The highest BCUT2D eigenvalue weighted by Gasteiger charge is 2.34. The zero-order chi connectivity index (χ0) is 22.2. The first-order chi connectivity index (χ1) is 14.7. The first kappa shape index (κ1) is 21.8. The van der Waals surface area contributed by atoms with Gasteiger partial charge in [-0.2, -0.15) is 17.5 Å². The molecule has 9 heteroatoms. The highest BCUT2D eigenvalue weighted by molar-refractivity contribution is 7.89. The van der Waals surface area contributed by atoms with Crippen molar-refractivity contribution in [2.45, 2.75) is 36.8 Å². The number of sulfonamides is 1. The lowest BCUT2D eigenvalue weighted by molar-refractivity contribution is -0.137. The molecule has 0 saturated carbocycles. The molecule has 1 fully saturated rings. The fraction of sp³-hybridized carbons (Fsp3) is 0.409. The van der Waals surface area contributed by atoms with Crippen LogP contribution >= 0.6 is 0 Å². The molecule has 31 heavy (non-hydrogen) atoms. The molecule has 1 amide bonds. The summed E-state index contributed by atoms with van der Waals surface area (Å²) in [5.74, 6) is -0.149. The Morgan fingerprint density at radius 1 is 0.871 bits per heavy atom. The van der Waals surface area contributed by atoms with Gasteiger partial charge in [-0.05, 0) is 67.1 Å². The van der Waals surface area contributed by atoms with Crippen LogP contribution in [0.5, 0.6) is 0 Å². The number of fused-ring (bicyclic) bond motifs is 1. The van der Waals surface area contributed by atoms with Crippen LogP contribution in [-0.4, -0.2) is 49.7 Å². The molecule has 1 saturated heterocycles. The fourth-order valence-corrected chi connectivity index (χ4v) is 5.63. The van der Waals surface area contributed by atoms with E-state index < -0.39 is 26.7 Å². The highest BCUT2D eigenvalue weighted by atomic mass is 32.2. The van der Waals surface area contributed by atoms with Crippen LogP contribution in [0, 0.1) is 0 Å². The SMILES string of the molecule is O=C(c1ccc2c(c1)CCCC2)N1CCN(S(=O)(=O)c2cccc(C(F)(F)F)c2)CC1. The smallest absolute Gasteiger partial charge is 0.336 e. The molecule has 1 aliphatic heterocycles. The Hall–Kier alpha value is -2.39. The van der Waals surface area contributed by atoms with Crippen LogP contribution in [0.15, 0.2) is 47.4 Å². The lowest BCUT2D eigenvalue weighted by Gasteiger charge is -2.34. The van der Waals surface area contributed by atoms with Crippen LogP contribution in [0.25, 0.3) is 0 Å². The summed E-state index contributed by atoms with van der Waals surface area (Å²) in [6.45, 7) is 0.451. The molecule has 0 N–H and O–H groups in total.